The third kappa shape index (κ3) is 5.58. The Kier molecular flexibility index (Phi) is 7.38. The van der Waals surface area contributed by atoms with E-state index in [2.05, 4.69) is 9.97 Å². The monoisotopic (exact) mass is 573 g/mol. The molecular weight excluding hydrogens is 547 g/mol. The Balaban J connectivity index is 1.27. The molecule has 0 unspecified atom stereocenters. The molecule has 6 rings (SSSR count). The van der Waals surface area contributed by atoms with E-state index >= 15 is 8.78 Å². The predicted octanol–water partition coefficient (Wildman–Crippen LogP) is 6.48. The van der Waals surface area contributed by atoms with Gasteiger partial charge < -0.3 is 19.1 Å². The molecular formula is C32H26F3N3O4. The minimum Gasteiger partial charge on any atom is -0.478 e. The zero-order chi connectivity index (χ0) is 29.4. The molecule has 0 radical (unpaired) electrons. The van der Waals surface area contributed by atoms with Crippen molar-refractivity contribution in [1.29, 1.82) is 0 Å². The Labute approximate surface area is 239 Å². The fourth-order valence-electron chi connectivity index (χ4n) is 4.93. The molecule has 1 atom stereocenters. The minimum atomic E-state index is -1.07. The predicted molar refractivity (Wildman–Crippen MR) is 149 cm³/mol. The maximum atomic E-state index is 15.4. The van der Waals surface area contributed by atoms with Crippen molar-refractivity contribution in [2.24, 2.45) is 0 Å². The second-order valence-electron chi connectivity index (χ2n) is 10.3. The van der Waals surface area contributed by atoms with Crippen LogP contribution in [-0.4, -0.2) is 38.3 Å². The van der Waals surface area contributed by atoms with Crippen LogP contribution in [0.15, 0.2) is 66.7 Å². The van der Waals surface area contributed by atoms with Gasteiger partial charge in [-0.25, -0.2) is 27.9 Å². The number of carboxylic acids is 1. The van der Waals surface area contributed by atoms with Crippen molar-refractivity contribution >= 4 is 17.0 Å². The van der Waals surface area contributed by atoms with Crippen molar-refractivity contribution in [3.05, 3.63) is 112 Å². The van der Waals surface area contributed by atoms with Gasteiger partial charge >= 0.3 is 5.97 Å². The van der Waals surface area contributed by atoms with Crippen LogP contribution in [0.3, 0.4) is 0 Å². The number of aromatic nitrogens is 3. The maximum Gasteiger partial charge on any atom is 0.335 e. The van der Waals surface area contributed by atoms with Crippen molar-refractivity contribution in [3.63, 3.8) is 0 Å². The van der Waals surface area contributed by atoms with Gasteiger partial charge in [-0.1, -0.05) is 18.2 Å². The quantitative estimate of drug-likeness (QED) is 0.217. The number of hydrogen-bond acceptors (Lipinski definition) is 5. The number of carboxylic acid groups (broad SMARTS) is 1. The van der Waals surface area contributed by atoms with Crippen LogP contribution in [0, 0.1) is 24.4 Å². The van der Waals surface area contributed by atoms with Crippen LogP contribution in [0.5, 0.6) is 5.88 Å². The SMILES string of the molecule is Cc1ccc(COc2cccc(-c3cc(F)c(Cc4nc5ccc(C(=O)O)cc5n4C[C@@H]4CCO4)cc3F)n2)c(F)c1. The van der Waals surface area contributed by atoms with E-state index in [-0.39, 0.29) is 47.4 Å². The summed E-state index contributed by atoms with van der Waals surface area (Å²) in [6.45, 7) is 2.77. The molecule has 5 aromatic rings. The van der Waals surface area contributed by atoms with Gasteiger partial charge in [0.15, 0.2) is 0 Å². The summed E-state index contributed by atoms with van der Waals surface area (Å²) in [4.78, 5) is 20.5. The molecule has 3 aromatic carbocycles. The van der Waals surface area contributed by atoms with E-state index in [0.29, 0.717) is 35.6 Å². The summed E-state index contributed by atoms with van der Waals surface area (Å²) in [5, 5.41) is 9.45. The second-order valence-corrected chi connectivity index (χ2v) is 10.3. The van der Waals surface area contributed by atoms with E-state index in [1.54, 1.807) is 37.3 Å². The molecule has 7 nitrogen and oxygen atoms in total. The lowest BCUT2D eigenvalue weighted by Gasteiger charge is -2.27. The Hall–Kier alpha value is -4.70. The molecule has 10 heteroatoms. The van der Waals surface area contributed by atoms with Crippen molar-refractivity contribution in [2.75, 3.05) is 6.61 Å². The van der Waals surface area contributed by atoms with E-state index in [1.807, 2.05) is 4.57 Å². The molecule has 1 N–H and O–H groups in total. The fourth-order valence-corrected chi connectivity index (χ4v) is 4.93. The number of pyridine rings is 1. The van der Waals surface area contributed by atoms with E-state index in [0.717, 1.165) is 24.1 Å². The first-order valence-corrected chi connectivity index (χ1v) is 13.4. The van der Waals surface area contributed by atoms with Gasteiger partial charge in [-0.3, -0.25) is 0 Å². The van der Waals surface area contributed by atoms with Crippen molar-refractivity contribution in [1.82, 2.24) is 14.5 Å². The number of aryl methyl sites for hydroxylation is 1. The van der Waals surface area contributed by atoms with Gasteiger partial charge in [0.25, 0.3) is 0 Å². The summed E-state index contributed by atoms with van der Waals surface area (Å²) < 4.78 is 58.0. The number of aromatic carboxylic acids is 1. The number of halogens is 3. The molecule has 0 bridgehead atoms. The van der Waals surface area contributed by atoms with E-state index in [4.69, 9.17) is 9.47 Å². The first-order chi connectivity index (χ1) is 20.2. The molecule has 1 aliphatic rings. The summed E-state index contributed by atoms with van der Waals surface area (Å²) in [6, 6.07) is 16.3. The molecule has 1 fully saturated rings. The van der Waals surface area contributed by atoms with Crippen LogP contribution in [0.1, 0.15) is 39.3 Å². The normalized spacial score (nSPS) is 14.6. The van der Waals surface area contributed by atoms with Crippen LogP contribution >= 0.6 is 0 Å². The van der Waals surface area contributed by atoms with Gasteiger partial charge in [0.05, 0.1) is 34.9 Å². The lowest BCUT2D eigenvalue weighted by Crippen LogP contribution is -2.31. The summed E-state index contributed by atoms with van der Waals surface area (Å²) in [6.07, 6.45) is 0.748. The second kappa shape index (κ2) is 11.3. The highest BCUT2D eigenvalue weighted by atomic mass is 19.1. The number of benzene rings is 3. The van der Waals surface area contributed by atoms with Crippen LogP contribution in [0.2, 0.25) is 0 Å². The zero-order valence-corrected chi connectivity index (χ0v) is 22.6. The molecule has 1 aliphatic heterocycles. The standard InChI is InChI=1S/C32H26F3N3O4/c1-18-5-6-20(24(33)11-18)17-42-31-4-2-3-27(37-31)23-15-25(34)21(12-26(23)35)14-30-36-28-8-7-19(32(39)40)13-29(28)38(30)16-22-9-10-41-22/h2-8,11-13,15,22H,9-10,14,16-17H2,1H3,(H,39,40)/t22-/m0/s1. The van der Waals surface area contributed by atoms with Gasteiger partial charge in [0.1, 0.15) is 29.9 Å². The lowest BCUT2D eigenvalue weighted by molar-refractivity contribution is -0.0589. The first-order valence-electron chi connectivity index (χ1n) is 13.4. The lowest BCUT2D eigenvalue weighted by atomic mass is 10.0. The van der Waals surface area contributed by atoms with Crippen LogP contribution in [0.4, 0.5) is 13.2 Å². The first kappa shape index (κ1) is 27.5. The maximum absolute atomic E-state index is 15.4. The molecule has 42 heavy (non-hydrogen) atoms. The largest absolute Gasteiger partial charge is 0.478 e. The van der Waals surface area contributed by atoms with Gasteiger partial charge in [0, 0.05) is 30.2 Å². The van der Waals surface area contributed by atoms with Crippen LogP contribution in [-0.2, 0) is 24.3 Å². The highest BCUT2D eigenvalue weighted by Crippen LogP contribution is 2.29. The third-order valence-corrected chi connectivity index (χ3v) is 7.32. The number of nitrogens with zero attached hydrogens (tertiary/aromatic N) is 3. The summed E-state index contributed by atoms with van der Waals surface area (Å²) >= 11 is 0. The molecule has 1 saturated heterocycles. The van der Waals surface area contributed by atoms with Gasteiger partial charge in [-0.15, -0.1) is 0 Å². The average Bonchev–Trinajstić information content (AvgIpc) is 3.28. The van der Waals surface area contributed by atoms with Crippen molar-refractivity contribution < 1.29 is 32.5 Å². The van der Waals surface area contributed by atoms with Gasteiger partial charge in [0.2, 0.25) is 5.88 Å². The number of hydrogen-bond donors (Lipinski definition) is 1. The molecule has 214 valence electrons. The van der Waals surface area contributed by atoms with Crippen LogP contribution < -0.4 is 4.74 Å². The van der Waals surface area contributed by atoms with E-state index in [1.165, 1.54) is 24.3 Å². The zero-order valence-electron chi connectivity index (χ0n) is 22.6. The summed E-state index contributed by atoms with van der Waals surface area (Å²) in [5.41, 5.74) is 2.58. The van der Waals surface area contributed by atoms with Crippen molar-refractivity contribution in [2.45, 2.75) is 39.0 Å². The smallest absolute Gasteiger partial charge is 0.335 e. The number of fused-ring (bicyclic) bond motifs is 1. The number of carbonyl (C=O) groups is 1. The molecule has 0 aliphatic carbocycles. The van der Waals surface area contributed by atoms with E-state index in [9.17, 15) is 14.3 Å². The average molecular weight is 574 g/mol. The highest BCUT2D eigenvalue weighted by Gasteiger charge is 2.23. The Bertz CT molecular complexity index is 1820. The summed E-state index contributed by atoms with van der Waals surface area (Å²) in [5.74, 6) is -2.19. The third-order valence-electron chi connectivity index (χ3n) is 7.32. The fraction of sp³-hybridized carbons (Fsp3) is 0.219. The topological polar surface area (TPSA) is 86.5 Å². The minimum absolute atomic E-state index is 0.0223. The summed E-state index contributed by atoms with van der Waals surface area (Å²) in [7, 11) is 0. The molecule has 0 saturated carbocycles. The van der Waals surface area contributed by atoms with Crippen LogP contribution in [0.25, 0.3) is 22.3 Å². The van der Waals surface area contributed by atoms with E-state index < -0.39 is 23.4 Å². The Morgan fingerprint density at radius 2 is 1.81 bits per heavy atom. The molecule has 0 spiro atoms. The van der Waals surface area contributed by atoms with Crippen molar-refractivity contribution in [3.8, 4) is 17.1 Å². The molecule has 0 amide bonds. The number of ether oxygens (including phenoxy) is 2. The molecule has 2 aromatic heterocycles. The van der Waals surface area contributed by atoms with Gasteiger partial charge in [-0.2, -0.15) is 0 Å². The number of imidazole rings is 1. The Morgan fingerprint density at radius 3 is 2.55 bits per heavy atom. The number of rotatable bonds is 9. The molecule has 3 heterocycles. The Morgan fingerprint density at radius 1 is 1.00 bits per heavy atom. The van der Waals surface area contributed by atoms with Gasteiger partial charge in [-0.05, 0) is 66.9 Å². The highest BCUT2D eigenvalue weighted by molar-refractivity contribution is 5.92.